The number of tetrazole rings is 1. The van der Waals surface area contributed by atoms with E-state index in [9.17, 15) is 4.79 Å². The standard InChI is InChI=1S/C35H34N8O/c44-35(36-27-15-12-25(13-16-27)24-10-11-24)37-32-18-26(30-8-4-5-9-31(30)34-38-40-41-39-34)14-17-33(32)43-22-28-19-29(43)21-42(28)20-23-6-2-1-3-7-23/h1-9,12-18,24,28-29H,10-11,19-22H2,(H2,36,37,44)(H,38,39,40,41). The van der Waals surface area contributed by atoms with Crippen LogP contribution in [0, 0.1) is 0 Å². The molecule has 3 aliphatic rings. The summed E-state index contributed by atoms with van der Waals surface area (Å²) >= 11 is 0. The monoisotopic (exact) mass is 582 g/mol. The molecule has 1 aromatic heterocycles. The number of piperazine rings is 1. The van der Waals surface area contributed by atoms with Crippen LogP contribution >= 0.6 is 0 Å². The number of amides is 2. The number of nitrogens with zero attached hydrogens (tertiary/aromatic N) is 5. The van der Waals surface area contributed by atoms with E-state index in [0.717, 1.165) is 59.8 Å². The Morgan fingerprint density at radius 3 is 2.36 bits per heavy atom. The molecule has 4 aromatic carbocycles. The molecule has 9 nitrogen and oxygen atoms in total. The van der Waals surface area contributed by atoms with Crippen LogP contribution in [0.5, 0.6) is 0 Å². The van der Waals surface area contributed by atoms with Crippen molar-refractivity contribution in [1.29, 1.82) is 0 Å². The summed E-state index contributed by atoms with van der Waals surface area (Å²) in [5.74, 6) is 1.21. The first-order valence-corrected chi connectivity index (χ1v) is 15.4. The Kier molecular flexibility index (Phi) is 6.79. The average molecular weight is 583 g/mol. The molecule has 3 fully saturated rings. The van der Waals surface area contributed by atoms with Crippen molar-refractivity contribution in [3.8, 4) is 22.5 Å². The fourth-order valence-corrected chi connectivity index (χ4v) is 6.86. The number of rotatable bonds is 8. The third kappa shape index (κ3) is 5.31. The van der Waals surface area contributed by atoms with E-state index in [1.54, 1.807) is 0 Å². The second kappa shape index (κ2) is 11.2. The predicted octanol–water partition coefficient (Wildman–Crippen LogP) is 6.52. The highest BCUT2D eigenvalue weighted by molar-refractivity contribution is 6.03. The summed E-state index contributed by atoms with van der Waals surface area (Å²) in [6.45, 7) is 2.89. The van der Waals surface area contributed by atoms with Gasteiger partial charge in [0, 0.05) is 43.0 Å². The second-order valence-electron chi connectivity index (χ2n) is 12.1. The SMILES string of the molecule is O=C(Nc1ccc(C2CC2)cc1)Nc1cc(-c2ccccc2-c2nn[nH]n2)ccc1N1CC2CC1CN2Cc1ccccc1. The van der Waals surface area contributed by atoms with E-state index >= 15 is 0 Å². The molecule has 220 valence electrons. The highest BCUT2D eigenvalue weighted by atomic mass is 16.2. The molecule has 2 saturated heterocycles. The molecule has 9 heteroatoms. The van der Waals surface area contributed by atoms with E-state index in [1.807, 2.05) is 36.4 Å². The van der Waals surface area contributed by atoms with E-state index in [1.165, 1.54) is 24.0 Å². The Labute approximate surface area is 256 Å². The van der Waals surface area contributed by atoms with Gasteiger partial charge in [0.2, 0.25) is 5.82 Å². The normalized spacial score (nSPS) is 19.3. The van der Waals surface area contributed by atoms with Gasteiger partial charge in [-0.05, 0) is 76.9 Å². The Hall–Kier alpha value is -5.02. The number of H-pyrrole nitrogens is 1. The number of aromatic nitrogens is 4. The van der Waals surface area contributed by atoms with Gasteiger partial charge in [-0.15, -0.1) is 10.2 Å². The van der Waals surface area contributed by atoms with Crippen LogP contribution in [-0.4, -0.2) is 56.7 Å². The summed E-state index contributed by atoms with van der Waals surface area (Å²) in [7, 11) is 0. The van der Waals surface area contributed by atoms with Crippen LogP contribution in [0.25, 0.3) is 22.5 Å². The molecule has 3 heterocycles. The maximum atomic E-state index is 13.4. The lowest BCUT2D eigenvalue weighted by Gasteiger charge is -2.36. The number of carbonyl (C=O) groups is 1. The van der Waals surface area contributed by atoms with Gasteiger partial charge in [0.1, 0.15) is 0 Å². The molecule has 2 amide bonds. The lowest BCUT2D eigenvalue weighted by molar-refractivity contribution is 0.230. The second-order valence-corrected chi connectivity index (χ2v) is 12.1. The first kappa shape index (κ1) is 26.6. The first-order valence-electron chi connectivity index (χ1n) is 15.4. The van der Waals surface area contributed by atoms with Gasteiger partial charge in [0.05, 0.1) is 11.4 Å². The summed E-state index contributed by atoms with van der Waals surface area (Å²) in [6, 6.07) is 33.9. The lowest BCUT2D eigenvalue weighted by Crippen LogP contribution is -2.46. The van der Waals surface area contributed by atoms with Crippen molar-refractivity contribution in [2.24, 2.45) is 0 Å². The number of anilines is 3. The molecule has 2 bridgehead atoms. The number of urea groups is 1. The Morgan fingerprint density at radius 2 is 1.64 bits per heavy atom. The molecular weight excluding hydrogens is 548 g/mol. The quantitative estimate of drug-likeness (QED) is 0.193. The molecule has 0 spiro atoms. The molecule has 5 aromatic rings. The minimum absolute atomic E-state index is 0.260. The Morgan fingerprint density at radius 1 is 0.841 bits per heavy atom. The minimum Gasteiger partial charge on any atom is -0.364 e. The van der Waals surface area contributed by atoms with Crippen LogP contribution in [0.2, 0.25) is 0 Å². The van der Waals surface area contributed by atoms with Crippen molar-refractivity contribution in [2.45, 2.75) is 43.8 Å². The van der Waals surface area contributed by atoms with Crippen LogP contribution in [0.15, 0.2) is 97.1 Å². The maximum absolute atomic E-state index is 13.4. The van der Waals surface area contributed by atoms with Crippen LogP contribution in [-0.2, 0) is 6.54 Å². The van der Waals surface area contributed by atoms with E-state index in [2.05, 4.69) is 102 Å². The summed E-state index contributed by atoms with van der Waals surface area (Å²) < 4.78 is 0. The molecule has 3 N–H and O–H groups in total. The number of hydrogen-bond donors (Lipinski definition) is 3. The van der Waals surface area contributed by atoms with Gasteiger partial charge in [0.25, 0.3) is 0 Å². The third-order valence-corrected chi connectivity index (χ3v) is 9.18. The number of fused-ring (bicyclic) bond motifs is 2. The summed E-state index contributed by atoms with van der Waals surface area (Å²) in [5.41, 5.74) is 8.10. The summed E-state index contributed by atoms with van der Waals surface area (Å²) in [4.78, 5) is 18.5. The van der Waals surface area contributed by atoms with Crippen molar-refractivity contribution in [3.63, 3.8) is 0 Å². The van der Waals surface area contributed by atoms with Gasteiger partial charge < -0.3 is 15.5 Å². The van der Waals surface area contributed by atoms with Crippen molar-refractivity contribution in [1.82, 2.24) is 25.5 Å². The lowest BCUT2D eigenvalue weighted by atomic mass is 9.98. The molecule has 2 unspecified atom stereocenters. The zero-order valence-electron chi connectivity index (χ0n) is 24.4. The molecule has 1 aliphatic carbocycles. The molecule has 2 aliphatic heterocycles. The first-order chi connectivity index (χ1) is 21.7. The molecular formula is C35H34N8O. The van der Waals surface area contributed by atoms with E-state index in [-0.39, 0.29) is 6.03 Å². The topological polar surface area (TPSA) is 102 Å². The minimum atomic E-state index is -0.260. The van der Waals surface area contributed by atoms with Crippen molar-refractivity contribution < 1.29 is 4.79 Å². The van der Waals surface area contributed by atoms with Gasteiger partial charge in [-0.3, -0.25) is 4.90 Å². The van der Waals surface area contributed by atoms with Gasteiger partial charge in [-0.25, -0.2) is 4.79 Å². The van der Waals surface area contributed by atoms with Crippen LogP contribution in [0.3, 0.4) is 0 Å². The van der Waals surface area contributed by atoms with Gasteiger partial charge in [0.15, 0.2) is 0 Å². The maximum Gasteiger partial charge on any atom is 0.323 e. The fourth-order valence-electron chi connectivity index (χ4n) is 6.86. The average Bonchev–Trinajstić information content (AvgIpc) is 3.41. The predicted molar refractivity (Wildman–Crippen MR) is 172 cm³/mol. The number of hydrogen-bond acceptors (Lipinski definition) is 6. The molecule has 2 atom stereocenters. The van der Waals surface area contributed by atoms with Crippen LogP contribution in [0.4, 0.5) is 21.9 Å². The van der Waals surface area contributed by atoms with Gasteiger partial charge in [-0.1, -0.05) is 72.8 Å². The van der Waals surface area contributed by atoms with E-state index in [0.29, 0.717) is 23.8 Å². The summed E-state index contributed by atoms with van der Waals surface area (Å²) in [5, 5.41) is 21.0. The number of likely N-dealkylation sites (tertiary alicyclic amines) is 1. The highest BCUT2D eigenvalue weighted by Crippen LogP contribution is 2.42. The van der Waals surface area contributed by atoms with Crippen LogP contribution in [0.1, 0.15) is 36.3 Å². The van der Waals surface area contributed by atoms with E-state index in [4.69, 9.17) is 0 Å². The van der Waals surface area contributed by atoms with E-state index < -0.39 is 0 Å². The highest BCUT2D eigenvalue weighted by Gasteiger charge is 2.43. The van der Waals surface area contributed by atoms with Crippen molar-refractivity contribution in [2.75, 3.05) is 28.6 Å². The van der Waals surface area contributed by atoms with Gasteiger partial charge >= 0.3 is 6.03 Å². The summed E-state index contributed by atoms with van der Waals surface area (Å²) in [6.07, 6.45) is 3.63. The molecule has 8 rings (SSSR count). The number of carbonyl (C=O) groups excluding carboxylic acids is 1. The number of aromatic amines is 1. The Balaban J connectivity index is 1.08. The zero-order valence-corrected chi connectivity index (χ0v) is 24.4. The third-order valence-electron chi connectivity index (χ3n) is 9.18. The Bertz CT molecular complexity index is 1770. The van der Waals surface area contributed by atoms with Crippen molar-refractivity contribution >= 4 is 23.1 Å². The fraction of sp³-hybridized carbons (Fsp3) is 0.257. The van der Waals surface area contributed by atoms with Gasteiger partial charge in [-0.2, -0.15) is 5.21 Å². The molecule has 1 saturated carbocycles. The smallest absolute Gasteiger partial charge is 0.323 e. The van der Waals surface area contributed by atoms with Crippen LogP contribution < -0.4 is 15.5 Å². The zero-order chi connectivity index (χ0) is 29.5. The molecule has 44 heavy (non-hydrogen) atoms. The largest absolute Gasteiger partial charge is 0.364 e. The number of nitrogens with one attached hydrogen (secondary N) is 3. The van der Waals surface area contributed by atoms with Crippen molar-refractivity contribution in [3.05, 3.63) is 108 Å². The molecule has 0 radical (unpaired) electrons. The number of benzene rings is 4.